The number of hydrogen-bond acceptors (Lipinski definition) is 5. The fourth-order valence-corrected chi connectivity index (χ4v) is 4.57. The number of rotatable bonds is 6. The molecule has 0 aliphatic carbocycles. The number of carboxylic acids is 1. The molecule has 0 unspecified atom stereocenters. The monoisotopic (exact) mass is 404 g/mol. The Bertz CT molecular complexity index is 945. The highest BCUT2D eigenvalue weighted by atomic mass is 32.2. The molecule has 2 heterocycles. The van der Waals surface area contributed by atoms with Gasteiger partial charge in [-0.25, -0.2) is 4.79 Å². The lowest BCUT2D eigenvalue weighted by atomic mass is 9.95. The second kappa shape index (κ2) is 8.34. The minimum atomic E-state index is -3.40. The van der Waals surface area contributed by atoms with Crippen molar-refractivity contribution in [2.75, 3.05) is 27.2 Å². The van der Waals surface area contributed by atoms with E-state index < -0.39 is 16.2 Å². The quantitative estimate of drug-likeness (QED) is 0.789. The lowest BCUT2D eigenvalue weighted by molar-refractivity contribution is 0.0697. The van der Waals surface area contributed by atoms with Crippen LogP contribution in [-0.4, -0.2) is 65.3 Å². The minimum absolute atomic E-state index is 0.193. The summed E-state index contributed by atoms with van der Waals surface area (Å²) in [6.07, 6.45) is 5.74. The van der Waals surface area contributed by atoms with E-state index in [4.69, 9.17) is 5.11 Å². The second-order valence-electron chi connectivity index (χ2n) is 7.14. The van der Waals surface area contributed by atoms with Crippen molar-refractivity contribution in [3.05, 3.63) is 47.9 Å². The van der Waals surface area contributed by atoms with Crippen LogP contribution in [0.25, 0.3) is 11.3 Å². The van der Waals surface area contributed by atoms with E-state index in [-0.39, 0.29) is 11.5 Å². The Labute approximate surface area is 165 Å². The van der Waals surface area contributed by atoms with Gasteiger partial charge in [0.25, 0.3) is 10.2 Å². The summed E-state index contributed by atoms with van der Waals surface area (Å²) in [4.78, 5) is 20.0. The van der Waals surface area contributed by atoms with Gasteiger partial charge in [0, 0.05) is 38.9 Å². The van der Waals surface area contributed by atoms with E-state index in [0.29, 0.717) is 30.8 Å². The van der Waals surface area contributed by atoms with Crippen molar-refractivity contribution in [1.29, 1.82) is 0 Å². The molecule has 1 aromatic heterocycles. The molecule has 2 aromatic rings. The van der Waals surface area contributed by atoms with E-state index in [1.165, 1.54) is 14.7 Å². The van der Waals surface area contributed by atoms with E-state index in [0.717, 1.165) is 18.5 Å². The maximum atomic E-state index is 12.3. The predicted octanol–water partition coefficient (Wildman–Crippen LogP) is 1.90. The summed E-state index contributed by atoms with van der Waals surface area (Å²) in [7, 11) is -0.308. The van der Waals surface area contributed by atoms with Gasteiger partial charge in [0.15, 0.2) is 0 Å². The summed E-state index contributed by atoms with van der Waals surface area (Å²) < 4.78 is 27.5. The Hall–Kier alpha value is -2.36. The van der Waals surface area contributed by atoms with E-state index >= 15 is 0 Å². The van der Waals surface area contributed by atoms with Crippen molar-refractivity contribution in [3.8, 4) is 11.3 Å². The normalized spacial score (nSPS) is 18.3. The van der Waals surface area contributed by atoms with Crippen LogP contribution in [0.4, 0.5) is 0 Å². The lowest BCUT2D eigenvalue weighted by Gasteiger charge is -2.33. The molecule has 150 valence electrons. The SMILES string of the molecule is CN(C)S(=O)(=O)N1CCC[C@@H](Cc2cnc(-c3cccc(C(=O)O)c3)cn2)C1. The highest BCUT2D eigenvalue weighted by Gasteiger charge is 2.30. The van der Waals surface area contributed by atoms with Crippen LogP contribution in [0, 0.1) is 5.92 Å². The maximum absolute atomic E-state index is 12.3. The van der Waals surface area contributed by atoms with E-state index in [2.05, 4.69) is 9.97 Å². The number of piperidine rings is 1. The van der Waals surface area contributed by atoms with Crippen LogP contribution in [0.5, 0.6) is 0 Å². The number of nitrogens with zero attached hydrogens (tertiary/aromatic N) is 4. The maximum Gasteiger partial charge on any atom is 0.335 e. The molecule has 8 nitrogen and oxygen atoms in total. The average molecular weight is 404 g/mol. The van der Waals surface area contributed by atoms with Crippen molar-refractivity contribution >= 4 is 16.2 Å². The Kier molecular flexibility index (Phi) is 6.07. The first-order chi connectivity index (χ1) is 13.3. The van der Waals surface area contributed by atoms with Gasteiger partial charge in [0.2, 0.25) is 0 Å². The highest BCUT2D eigenvalue weighted by molar-refractivity contribution is 7.86. The van der Waals surface area contributed by atoms with Gasteiger partial charge in [0.05, 0.1) is 23.1 Å². The number of carboxylic acid groups (broad SMARTS) is 1. The van der Waals surface area contributed by atoms with E-state index in [9.17, 15) is 13.2 Å². The van der Waals surface area contributed by atoms with Gasteiger partial charge in [-0.15, -0.1) is 0 Å². The highest BCUT2D eigenvalue weighted by Crippen LogP contribution is 2.24. The third kappa shape index (κ3) is 4.54. The van der Waals surface area contributed by atoms with Gasteiger partial charge in [-0.1, -0.05) is 12.1 Å². The van der Waals surface area contributed by atoms with E-state index in [1.807, 2.05) is 0 Å². The first-order valence-electron chi connectivity index (χ1n) is 9.09. The fraction of sp³-hybridized carbons (Fsp3) is 0.421. The molecule has 0 spiro atoms. The average Bonchev–Trinajstić information content (AvgIpc) is 2.69. The smallest absolute Gasteiger partial charge is 0.335 e. The van der Waals surface area contributed by atoms with Crippen LogP contribution in [-0.2, 0) is 16.6 Å². The van der Waals surface area contributed by atoms with Crippen molar-refractivity contribution in [2.45, 2.75) is 19.3 Å². The fourth-order valence-electron chi connectivity index (χ4n) is 3.35. The van der Waals surface area contributed by atoms with Gasteiger partial charge in [-0.05, 0) is 37.3 Å². The number of hydrogen-bond donors (Lipinski definition) is 1. The molecule has 1 fully saturated rings. The van der Waals surface area contributed by atoms with Crippen LogP contribution in [0.2, 0.25) is 0 Å². The van der Waals surface area contributed by atoms with Gasteiger partial charge in [-0.2, -0.15) is 17.0 Å². The molecule has 1 atom stereocenters. The zero-order valence-electron chi connectivity index (χ0n) is 15.9. The zero-order valence-corrected chi connectivity index (χ0v) is 16.8. The number of carbonyl (C=O) groups is 1. The predicted molar refractivity (Wildman–Crippen MR) is 105 cm³/mol. The molecule has 3 rings (SSSR count). The van der Waals surface area contributed by atoms with Crippen LogP contribution in [0.15, 0.2) is 36.7 Å². The number of benzene rings is 1. The molecule has 1 aliphatic heterocycles. The van der Waals surface area contributed by atoms with Crippen molar-refractivity contribution in [2.24, 2.45) is 5.92 Å². The molecule has 0 bridgehead atoms. The molecule has 0 saturated carbocycles. The molecule has 1 N–H and O–H groups in total. The first kappa shape index (κ1) is 20.4. The topological polar surface area (TPSA) is 104 Å². The molecule has 0 radical (unpaired) electrons. The minimum Gasteiger partial charge on any atom is -0.478 e. The standard InChI is InChI=1S/C19H24N4O4S/c1-22(2)28(26,27)23-8-4-5-14(13-23)9-17-11-21-18(12-20-17)15-6-3-7-16(10-15)19(24)25/h3,6-7,10-12,14H,4-5,8-9,13H2,1-2H3,(H,24,25)/t14-/m0/s1. The lowest BCUT2D eigenvalue weighted by Crippen LogP contribution is -2.45. The van der Waals surface area contributed by atoms with Gasteiger partial charge in [0.1, 0.15) is 0 Å². The Morgan fingerprint density at radius 2 is 2.07 bits per heavy atom. The van der Waals surface area contributed by atoms with Gasteiger partial charge in [-0.3, -0.25) is 9.97 Å². The summed E-state index contributed by atoms with van der Waals surface area (Å²) >= 11 is 0. The second-order valence-corrected chi connectivity index (χ2v) is 9.28. The van der Waals surface area contributed by atoms with Crippen molar-refractivity contribution in [3.63, 3.8) is 0 Å². The number of aromatic carboxylic acids is 1. The van der Waals surface area contributed by atoms with Gasteiger partial charge < -0.3 is 5.11 Å². The summed E-state index contributed by atoms with van der Waals surface area (Å²) in [6, 6.07) is 6.57. The Morgan fingerprint density at radius 3 is 2.71 bits per heavy atom. The van der Waals surface area contributed by atoms with Crippen LogP contribution in [0.3, 0.4) is 0 Å². The largest absolute Gasteiger partial charge is 0.478 e. The molecular weight excluding hydrogens is 380 g/mol. The van der Waals surface area contributed by atoms with Crippen LogP contribution >= 0.6 is 0 Å². The molecule has 1 aliphatic rings. The first-order valence-corrected chi connectivity index (χ1v) is 10.5. The summed E-state index contributed by atoms with van der Waals surface area (Å²) in [5.41, 5.74) is 2.30. The summed E-state index contributed by atoms with van der Waals surface area (Å²) in [6.45, 7) is 1.02. The molecular formula is C19H24N4O4S. The molecule has 0 amide bonds. The summed E-state index contributed by atoms with van der Waals surface area (Å²) in [5.74, 6) is -0.792. The third-order valence-electron chi connectivity index (χ3n) is 4.88. The molecule has 1 aromatic carbocycles. The Morgan fingerprint density at radius 1 is 1.29 bits per heavy atom. The third-order valence-corrected chi connectivity index (χ3v) is 6.78. The van der Waals surface area contributed by atoms with Crippen molar-refractivity contribution in [1.82, 2.24) is 18.6 Å². The van der Waals surface area contributed by atoms with E-state index in [1.54, 1.807) is 44.7 Å². The summed E-state index contributed by atoms with van der Waals surface area (Å²) in [5, 5.41) is 9.11. The molecule has 9 heteroatoms. The Balaban J connectivity index is 1.69. The van der Waals surface area contributed by atoms with Crippen molar-refractivity contribution < 1.29 is 18.3 Å². The van der Waals surface area contributed by atoms with Crippen LogP contribution < -0.4 is 0 Å². The number of aromatic nitrogens is 2. The van der Waals surface area contributed by atoms with Crippen LogP contribution in [0.1, 0.15) is 28.9 Å². The molecule has 1 saturated heterocycles. The zero-order chi connectivity index (χ0) is 20.3. The molecule has 28 heavy (non-hydrogen) atoms. The van der Waals surface area contributed by atoms with Gasteiger partial charge >= 0.3 is 5.97 Å².